The van der Waals surface area contributed by atoms with Crippen LogP contribution in [-0.2, 0) is 24.1 Å². The third-order valence-electron chi connectivity index (χ3n) is 6.20. The van der Waals surface area contributed by atoms with Gasteiger partial charge < -0.3 is 19.9 Å². The fraction of sp³-hybridized carbons (Fsp3) is 0.346. The zero-order valence-electron chi connectivity index (χ0n) is 19.3. The summed E-state index contributed by atoms with van der Waals surface area (Å²) in [7, 11) is 0. The van der Waals surface area contributed by atoms with Gasteiger partial charge in [-0.2, -0.15) is 0 Å². The Hall–Kier alpha value is -3.52. The molecule has 7 nitrogen and oxygen atoms in total. The van der Waals surface area contributed by atoms with Crippen molar-refractivity contribution in [2.45, 2.75) is 26.3 Å². The summed E-state index contributed by atoms with van der Waals surface area (Å²) >= 11 is 0. The fourth-order valence-corrected chi connectivity index (χ4v) is 4.51. The Morgan fingerprint density at radius 1 is 1.09 bits per heavy atom. The lowest BCUT2D eigenvalue weighted by molar-refractivity contribution is 0.122. The molecule has 3 heterocycles. The quantitative estimate of drug-likeness (QED) is 0.637. The van der Waals surface area contributed by atoms with Crippen molar-refractivity contribution in [1.82, 2.24) is 14.9 Å². The first-order chi connectivity index (χ1) is 16.5. The molecular formula is C26H28FN5O2. The van der Waals surface area contributed by atoms with Crippen molar-refractivity contribution in [1.29, 1.82) is 0 Å². The molecule has 1 fully saturated rings. The second kappa shape index (κ2) is 9.77. The maximum Gasteiger partial charge on any atom is 0.322 e. The number of fused-ring (bicyclic) bond motifs is 1. The van der Waals surface area contributed by atoms with Gasteiger partial charge in [-0.05, 0) is 30.7 Å². The number of aryl methyl sites for hydroxylation is 1. The maximum atomic E-state index is 13.5. The van der Waals surface area contributed by atoms with Crippen LogP contribution in [0.25, 0.3) is 0 Å². The smallest absolute Gasteiger partial charge is 0.322 e. The average molecular weight is 462 g/mol. The Kier molecular flexibility index (Phi) is 6.40. The molecule has 1 aromatic heterocycles. The molecule has 0 atom stereocenters. The number of nitrogens with zero attached hydrogens (tertiary/aromatic N) is 4. The lowest BCUT2D eigenvalue weighted by atomic mass is 10.0. The van der Waals surface area contributed by atoms with E-state index in [0.29, 0.717) is 44.8 Å². The lowest BCUT2D eigenvalue weighted by Crippen LogP contribution is -2.42. The van der Waals surface area contributed by atoms with E-state index in [2.05, 4.69) is 41.4 Å². The lowest BCUT2D eigenvalue weighted by Gasteiger charge is -2.34. The molecule has 5 rings (SSSR count). The van der Waals surface area contributed by atoms with Crippen LogP contribution in [-0.4, -0.2) is 53.7 Å². The number of morpholine rings is 1. The number of ether oxygens (including phenoxy) is 1. The highest BCUT2D eigenvalue weighted by Crippen LogP contribution is 2.28. The Balaban J connectivity index is 1.42. The zero-order valence-corrected chi connectivity index (χ0v) is 19.3. The maximum absolute atomic E-state index is 13.5. The summed E-state index contributed by atoms with van der Waals surface area (Å²) in [5.74, 6) is 1.30. The van der Waals surface area contributed by atoms with Gasteiger partial charge in [-0.15, -0.1) is 0 Å². The third-order valence-corrected chi connectivity index (χ3v) is 6.20. The van der Waals surface area contributed by atoms with Crippen LogP contribution in [0.2, 0.25) is 0 Å². The molecule has 8 heteroatoms. The van der Waals surface area contributed by atoms with Crippen LogP contribution >= 0.6 is 0 Å². The second-order valence-corrected chi connectivity index (χ2v) is 8.77. The Morgan fingerprint density at radius 2 is 1.91 bits per heavy atom. The summed E-state index contributed by atoms with van der Waals surface area (Å²) in [6.07, 6.45) is 1.31. The first-order valence-electron chi connectivity index (χ1n) is 11.6. The first-order valence-corrected chi connectivity index (χ1v) is 11.6. The number of carbonyl (C=O) groups excluding carboxylic acids is 1. The minimum atomic E-state index is -0.383. The molecule has 0 unspecified atom stereocenters. The number of aromatic nitrogens is 2. The normalized spacial score (nSPS) is 15.7. The minimum absolute atomic E-state index is 0.256. The summed E-state index contributed by atoms with van der Waals surface area (Å²) in [4.78, 5) is 26.8. The number of rotatable bonds is 4. The summed E-state index contributed by atoms with van der Waals surface area (Å²) in [6.45, 7) is 5.84. The van der Waals surface area contributed by atoms with E-state index in [1.54, 1.807) is 17.0 Å². The van der Waals surface area contributed by atoms with Crippen molar-refractivity contribution in [3.8, 4) is 0 Å². The van der Waals surface area contributed by atoms with E-state index in [1.165, 1.54) is 23.3 Å². The van der Waals surface area contributed by atoms with Gasteiger partial charge in [0, 0.05) is 43.7 Å². The molecule has 176 valence electrons. The van der Waals surface area contributed by atoms with Crippen LogP contribution in [0.3, 0.4) is 0 Å². The van der Waals surface area contributed by atoms with Gasteiger partial charge in [0.05, 0.1) is 25.5 Å². The van der Waals surface area contributed by atoms with Crippen LogP contribution < -0.4 is 10.2 Å². The van der Waals surface area contributed by atoms with E-state index in [0.717, 1.165) is 36.0 Å². The monoisotopic (exact) mass is 461 g/mol. The Morgan fingerprint density at radius 3 is 2.71 bits per heavy atom. The summed E-state index contributed by atoms with van der Waals surface area (Å²) in [6, 6.07) is 14.1. The second-order valence-electron chi connectivity index (χ2n) is 8.77. The van der Waals surface area contributed by atoms with Crippen molar-refractivity contribution < 1.29 is 13.9 Å². The summed E-state index contributed by atoms with van der Waals surface area (Å²) in [5, 5.41) is 2.80. The largest absolute Gasteiger partial charge is 0.378 e. The van der Waals surface area contributed by atoms with Crippen molar-refractivity contribution >= 4 is 17.5 Å². The van der Waals surface area contributed by atoms with Crippen molar-refractivity contribution in [2.24, 2.45) is 0 Å². The Bertz CT molecular complexity index is 1200. The molecule has 0 spiro atoms. The van der Waals surface area contributed by atoms with Crippen LogP contribution in [0.4, 0.5) is 20.7 Å². The van der Waals surface area contributed by atoms with Crippen LogP contribution in [0, 0.1) is 12.7 Å². The number of benzene rings is 2. The van der Waals surface area contributed by atoms with Crippen molar-refractivity contribution in [3.63, 3.8) is 0 Å². The van der Waals surface area contributed by atoms with Gasteiger partial charge in [0.25, 0.3) is 0 Å². The van der Waals surface area contributed by atoms with Crippen LogP contribution in [0.15, 0.2) is 48.5 Å². The minimum Gasteiger partial charge on any atom is -0.378 e. The predicted molar refractivity (Wildman–Crippen MR) is 129 cm³/mol. The molecule has 2 aliphatic heterocycles. The molecule has 1 N–H and O–H groups in total. The molecule has 2 aromatic carbocycles. The molecule has 0 radical (unpaired) electrons. The molecule has 34 heavy (non-hydrogen) atoms. The highest BCUT2D eigenvalue weighted by atomic mass is 19.1. The van der Waals surface area contributed by atoms with Gasteiger partial charge in [-0.25, -0.2) is 19.2 Å². The van der Waals surface area contributed by atoms with E-state index in [4.69, 9.17) is 14.7 Å². The first kappa shape index (κ1) is 22.3. The van der Waals surface area contributed by atoms with Gasteiger partial charge in [-0.3, -0.25) is 0 Å². The molecule has 1 saturated heterocycles. The highest BCUT2D eigenvalue weighted by Gasteiger charge is 2.28. The van der Waals surface area contributed by atoms with Gasteiger partial charge in [-0.1, -0.05) is 35.9 Å². The van der Waals surface area contributed by atoms with E-state index >= 15 is 0 Å². The molecule has 0 aliphatic carbocycles. The van der Waals surface area contributed by atoms with Gasteiger partial charge in [0.1, 0.15) is 17.5 Å². The molecule has 3 aromatic rings. The molecule has 2 aliphatic rings. The number of nitrogens with one attached hydrogen (secondary N) is 1. The van der Waals surface area contributed by atoms with E-state index in [9.17, 15) is 9.18 Å². The van der Waals surface area contributed by atoms with Crippen LogP contribution in [0.5, 0.6) is 0 Å². The van der Waals surface area contributed by atoms with Crippen molar-refractivity contribution in [3.05, 3.63) is 82.6 Å². The number of carbonyl (C=O) groups is 1. The molecule has 0 saturated carbocycles. The van der Waals surface area contributed by atoms with E-state index in [1.807, 2.05) is 0 Å². The number of urea groups is 1. The summed E-state index contributed by atoms with van der Waals surface area (Å²) in [5.41, 5.74) is 4.81. The number of hydrogen-bond donors (Lipinski definition) is 1. The highest BCUT2D eigenvalue weighted by molar-refractivity contribution is 5.89. The van der Waals surface area contributed by atoms with Crippen molar-refractivity contribution in [2.75, 3.05) is 43.1 Å². The number of halogens is 1. The van der Waals surface area contributed by atoms with Gasteiger partial charge in [0.2, 0.25) is 0 Å². The average Bonchev–Trinajstić information content (AvgIpc) is 2.84. The van der Waals surface area contributed by atoms with E-state index in [-0.39, 0.29) is 11.8 Å². The zero-order chi connectivity index (χ0) is 23.5. The summed E-state index contributed by atoms with van der Waals surface area (Å²) < 4.78 is 19.1. The number of amides is 2. The number of anilines is 2. The molecule has 2 amide bonds. The molecular weight excluding hydrogens is 433 g/mol. The van der Waals surface area contributed by atoms with Gasteiger partial charge in [0.15, 0.2) is 0 Å². The van der Waals surface area contributed by atoms with Gasteiger partial charge >= 0.3 is 6.03 Å². The Labute approximate surface area is 198 Å². The number of hydrogen-bond acceptors (Lipinski definition) is 5. The van der Waals surface area contributed by atoms with Crippen LogP contribution in [0.1, 0.15) is 28.2 Å². The van der Waals surface area contributed by atoms with E-state index < -0.39 is 0 Å². The third kappa shape index (κ3) is 5.02. The predicted octanol–water partition coefficient (Wildman–Crippen LogP) is 3.94. The fourth-order valence-electron chi connectivity index (χ4n) is 4.51. The molecule has 0 bridgehead atoms. The topological polar surface area (TPSA) is 70.6 Å². The standard InChI is InChI=1S/C26H28FN5O2/c1-18-4-2-5-19(14-18)15-24-29-23-8-9-32(26(33)28-21-7-3-6-20(27)16-21)17-22(23)25(30-24)31-10-12-34-13-11-31/h2-7,14,16H,8-13,15,17H2,1H3,(H,28,33). The SMILES string of the molecule is Cc1cccc(Cc2nc3c(c(N4CCOCC4)n2)CN(C(=O)Nc2cccc(F)c2)CC3)c1.